The number of nitrogens with zero attached hydrogens (tertiary/aromatic N) is 1. The van der Waals surface area contributed by atoms with E-state index in [1.165, 1.54) is 6.07 Å². The highest BCUT2D eigenvalue weighted by molar-refractivity contribution is 6.35. The molecule has 0 aromatic heterocycles. The van der Waals surface area contributed by atoms with E-state index in [-0.39, 0.29) is 11.8 Å². The largest absolute Gasteiger partial charge is 0.489 e. The minimum absolute atomic E-state index is 0.310. The molecule has 9 heteroatoms. The molecule has 0 heterocycles. The molecule has 4 aromatic carbocycles. The van der Waals surface area contributed by atoms with Crippen molar-refractivity contribution in [3.05, 3.63) is 124 Å². The van der Waals surface area contributed by atoms with Crippen molar-refractivity contribution in [1.29, 1.82) is 0 Å². The average molecular weight is 576 g/mol. The van der Waals surface area contributed by atoms with Gasteiger partial charge in [-0.1, -0.05) is 53.5 Å². The van der Waals surface area contributed by atoms with Gasteiger partial charge in [-0.2, -0.15) is 5.10 Å². The Morgan fingerprint density at radius 3 is 2.23 bits per heavy atom. The minimum Gasteiger partial charge on any atom is -0.489 e. The zero-order valence-electron chi connectivity index (χ0n) is 21.9. The van der Waals surface area contributed by atoms with Crippen LogP contribution in [0.2, 0.25) is 10.0 Å². The second-order valence-electron chi connectivity index (χ2n) is 8.84. The molecule has 0 saturated carbocycles. The molecule has 0 aliphatic carbocycles. The summed E-state index contributed by atoms with van der Waals surface area (Å²) in [6.45, 7) is 3.89. The summed E-state index contributed by atoms with van der Waals surface area (Å²) < 4.78 is 11.4. The first kappa shape index (κ1) is 28.7. The van der Waals surface area contributed by atoms with Gasteiger partial charge in [0.1, 0.15) is 18.1 Å². The van der Waals surface area contributed by atoms with Crippen LogP contribution in [0.25, 0.3) is 0 Å². The van der Waals surface area contributed by atoms with Crippen LogP contribution in [0, 0.1) is 0 Å². The molecule has 0 saturated heterocycles. The lowest BCUT2D eigenvalue weighted by Gasteiger charge is -2.16. The normalized spacial score (nSPS) is 11.8. The van der Waals surface area contributed by atoms with Crippen LogP contribution in [0.1, 0.15) is 35.3 Å². The number of carbonyl (C=O) groups is 2. The third-order valence-electron chi connectivity index (χ3n) is 5.83. The van der Waals surface area contributed by atoms with Crippen LogP contribution in [-0.2, 0) is 11.4 Å². The van der Waals surface area contributed by atoms with E-state index in [9.17, 15) is 9.59 Å². The van der Waals surface area contributed by atoms with Crippen molar-refractivity contribution in [3.8, 4) is 11.5 Å². The standard InChI is InChI=1S/C31H27Cl2N3O4/c1-20(23-10-15-27(16-11-23)39-19-22-6-4-3-5-7-22)35-36-31(38)24-8-13-26(14-9-24)34-30(37)21(2)40-29-17-12-25(32)18-28(29)33/h3-18,21H,19H2,1-2H3,(H,34,37)(H,36,38)/b35-20+. The van der Waals surface area contributed by atoms with Gasteiger partial charge < -0.3 is 14.8 Å². The summed E-state index contributed by atoms with van der Waals surface area (Å²) in [4.78, 5) is 25.1. The van der Waals surface area contributed by atoms with Gasteiger partial charge in [-0.25, -0.2) is 5.43 Å². The number of rotatable bonds is 10. The third-order valence-corrected chi connectivity index (χ3v) is 6.36. The maximum absolute atomic E-state index is 12.6. The predicted octanol–water partition coefficient (Wildman–Crippen LogP) is 7.13. The van der Waals surface area contributed by atoms with E-state index >= 15 is 0 Å². The third kappa shape index (κ3) is 8.09. The van der Waals surface area contributed by atoms with Crippen LogP contribution < -0.4 is 20.2 Å². The molecular weight excluding hydrogens is 549 g/mol. The van der Waals surface area contributed by atoms with Crippen LogP contribution in [0.5, 0.6) is 11.5 Å². The Kier molecular flexibility index (Phi) is 9.78. The highest BCUT2D eigenvalue weighted by Gasteiger charge is 2.17. The van der Waals surface area contributed by atoms with Gasteiger partial charge in [0.25, 0.3) is 11.8 Å². The number of hydrazone groups is 1. The first-order valence-corrected chi connectivity index (χ1v) is 13.2. The fourth-order valence-corrected chi connectivity index (χ4v) is 4.01. The molecule has 4 aromatic rings. The van der Waals surface area contributed by atoms with Gasteiger partial charge in [-0.3, -0.25) is 9.59 Å². The molecule has 0 aliphatic heterocycles. The van der Waals surface area contributed by atoms with Crippen molar-refractivity contribution in [3.63, 3.8) is 0 Å². The number of hydrogen-bond donors (Lipinski definition) is 2. The lowest BCUT2D eigenvalue weighted by atomic mass is 10.1. The highest BCUT2D eigenvalue weighted by Crippen LogP contribution is 2.28. The highest BCUT2D eigenvalue weighted by atomic mass is 35.5. The van der Waals surface area contributed by atoms with Crippen molar-refractivity contribution in [1.82, 2.24) is 5.43 Å². The summed E-state index contributed by atoms with van der Waals surface area (Å²) in [5.74, 6) is 0.337. The molecule has 40 heavy (non-hydrogen) atoms. The van der Waals surface area contributed by atoms with E-state index in [2.05, 4.69) is 15.8 Å². The van der Waals surface area contributed by atoms with Crippen LogP contribution in [0.3, 0.4) is 0 Å². The Hall–Kier alpha value is -4.33. The first-order chi connectivity index (χ1) is 19.3. The Morgan fingerprint density at radius 2 is 1.55 bits per heavy atom. The SMILES string of the molecule is C/C(=N\NC(=O)c1ccc(NC(=O)C(C)Oc2ccc(Cl)cc2Cl)cc1)c1ccc(OCc2ccccc2)cc1. The summed E-state index contributed by atoms with van der Waals surface area (Å²) >= 11 is 12.0. The van der Waals surface area contributed by atoms with Gasteiger partial charge in [-0.15, -0.1) is 0 Å². The summed E-state index contributed by atoms with van der Waals surface area (Å²) in [5.41, 5.74) is 6.03. The number of halogens is 2. The summed E-state index contributed by atoms with van der Waals surface area (Å²) in [5, 5.41) is 7.74. The van der Waals surface area contributed by atoms with E-state index in [1.54, 1.807) is 50.2 Å². The van der Waals surface area contributed by atoms with Crippen LogP contribution >= 0.6 is 23.2 Å². The monoisotopic (exact) mass is 575 g/mol. The van der Waals surface area contributed by atoms with Gasteiger partial charge in [-0.05, 0) is 91.7 Å². The molecule has 0 bridgehead atoms. The van der Waals surface area contributed by atoms with E-state index in [4.69, 9.17) is 32.7 Å². The average Bonchev–Trinajstić information content (AvgIpc) is 2.97. The van der Waals surface area contributed by atoms with Gasteiger partial charge >= 0.3 is 0 Å². The van der Waals surface area contributed by atoms with Crippen molar-refractivity contribution >= 4 is 46.4 Å². The molecule has 0 spiro atoms. The molecule has 7 nitrogen and oxygen atoms in total. The number of amides is 2. The molecular formula is C31H27Cl2N3O4. The number of hydrogen-bond acceptors (Lipinski definition) is 5. The number of benzene rings is 4. The van der Waals surface area contributed by atoms with Crippen molar-refractivity contribution in [2.75, 3.05) is 5.32 Å². The lowest BCUT2D eigenvalue weighted by Crippen LogP contribution is -2.30. The van der Waals surface area contributed by atoms with Crippen molar-refractivity contribution in [2.45, 2.75) is 26.6 Å². The van der Waals surface area contributed by atoms with E-state index in [1.807, 2.05) is 54.6 Å². The maximum Gasteiger partial charge on any atom is 0.271 e. The topological polar surface area (TPSA) is 89.0 Å². The molecule has 0 radical (unpaired) electrons. The molecule has 2 amide bonds. The molecule has 4 rings (SSSR count). The van der Waals surface area contributed by atoms with Gasteiger partial charge in [0.05, 0.1) is 10.7 Å². The second-order valence-corrected chi connectivity index (χ2v) is 9.68. The molecule has 0 aliphatic rings. The number of nitrogens with one attached hydrogen (secondary N) is 2. The lowest BCUT2D eigenvalue weighted by molar-refractivity contribution is -0.122. The molecule has 1 unspecified atom stereocenters. The molecule has 2 N–H and O–H groups in total. The fraction of sp³-hybridized carbons (Fsp3) is 0.129. The van der Waals surface area contributed by atoms with E-state index in [0.717, 1.165) is 16.9 Å². The van der Waals surface area contributed by atoms with Crippen LogP contribution in [-0.4, -0.2) is 23.6 Å². The van der Waals surface area contributed by atoms with E-state index in [0.29, 0.717) is 39.4 Å². The first-order valence-electron chi connectivity index (χ1n) is 12.4. The Bertz CT molecular complexity index is 1490. The number of ether oxygens (including phenoxy) is 2. The zero-order chi connectivity index (χ0) is 28.5. The van der Waals surface area contributed by atoms with Crippen molar-refractivity contribution < 1.29 is 19.1 Å². The van der Waals surface area contributed by atoms with Gasteiger partial charge in [0.15, 0.2) is 6.10 Å². The summed E-state index contributed by atoms with van der Waals surface area (Å²) in [6.07, 6.45) is -0.816. The smallest absolute Gasteiger partial charge is 0.271 e. The zero-order valence-corrected chi connectivity index (χ0v) is 23.4. The Labute approximate surface area is 242 Å². The summed E-state index contributed by atoms with van der Waals surface area (Å²) in [6, 6.07) is 28.6. The van der Waals surface area contributed by atoms with Crippen LogP contribution in [0.15, 0.2) is 102 Å². The number of carbonyl (C=O) groups excluding carboxylic acids is 2. The van der Waals surface area contributed by atoms with Gasteiger partial charge in [0.2, 0.25) is 0 Å². The van der Waals surface area contributed by atoms with Crippen LogP contribution in [0.4, 0.5) is 5.69 Å². The minimum atomic E-state index is -0.816. The maximum atomic E-state index is 12.6. The fourth-order valence-electron chi connectivity index (χ4n) is 3.56. The summed E-state index contributed by atoms with van der Waals surface area (Å²) in [7, 11) is 0. The number of anilines is 1. The molecule has 204 valence electrons. The quantitative estimate of drug-likeness (QED) is 0.155. The molecule has 1 atom stereocenters. The Balaban J connectivity index is 1.27. The van der Waals surface area contributed by atoms with Crippen molar-refractivity contribution in [2.24, 2.45) is 5.10 Å². The molecule has 0 fully saturated rings. The Morgan fingerprint density at radius 1 is 0.875 bits per heavy atom. The second kappa shape index (κ2) is 13.6. The van der Waals surface area contributed by atoms with Gasteiger partial charge in [0, 0.05) is 16.3 Å². The predicted molar refractivity (Wildman–Crippen MR) is 159 cm³/mol. The van der Waals surface area contributed by atoms with E-state index < -0.39 is 6.10 Å².